The monoisotopic (exact) mass is 383 g/mol. The van der Waals surface area contributed by atoms with E-state index < -0.39 is 21.5 Å². The van der Waals surface area contributed by atoms with E-state index in [-0.39, 0.29) is 11.8 Å². The van der Waals surface area contributed by atoms with Crippen molar-refractivity contribution in [2.24, 2.45) is 0 Å². The maximum atomic E-state index is 12.0. The molecule has 8 heteroatoms. The molecular formula is C18H29N3O4S. The molecule has 1 atom stereocenters. The van der Waals surface area contributed by atoms with Crippen LogP contribution >= 0.6 is 0 Å². The van der Waals surface area contributed by atoms with Gasteiger partial charge in [0.05, 0.1) is 5.75 Å². The van der Waals surface area contributed by atoms with Crippen molar-refractivity contribution in [3.8, 4) is 0 Å². The van der Waals surface area contributed by atoms with Gasteiger partial charge in [-0.1, -0.05) is 0 Å². The quantitative estimate of drug-likeness (QED) is 0.774. The lowest BCUT2D eigenvalue weighted by molar-refractivity contribution is 0.0500. The van der Waals surface area contributed by atoms with Crippen molar-refractivity contribution in [2.45, 2.75) is 51.0 Å². The maximum absolute atomic E-state index is 12.0. The van der Waals surface area contributed by atoms with Gasteiger partial charge in [0.2, 0.25) is 0 Å². The molecule has 0 radical (unpaired) electrons. The van der Waals surface area contributed by atoms with Gasteiger partial charge in [0.1, 0.15) is 5.60 Å². The second-order valence-electron chi connectivity index (χ2n) is 7.89. The molecule has 0 bridgehead atoms. The molecular weight excluding hydrogens is 354 g/mol. The summed E-state index contributed by atoms with van der Waals surface area (Å²) in [7, 11) is -3.18. The van der Waals surface area contributed by atoms with Crippen LogP contribution in [0.25, 0.3) is 0 Å². The van der Waals surface area contributed by atoms with Crippen LogP contribution in [0, 0.1) is 0 Å². The first kappa shape index (κ1) is 20.4. The van der Waals surface area contributed by atoms with Crippen LogP contribution in [0.4, 0.5) is 16.2 Å². The molecule has 1 aromatic rings. The molecule has 1 aliphatic rings. The van der Waals surface area contributed by atoms with Crippen LogP contribution in [0.2, 0.25) is 0 Å². The van der Waals surface area contributed by atoms with E-state index in [2.05, 4.69) is 10.2 Å². The molecule has 1 fully saturated rings. The second-order valence-corrected chi connectivity index (χ2v) is 10.0. The Morgan fingerprint density at radius 1 is 1.38 bits per heavy atom. The lowest BCUT2D eigenvalue weighted by Crippen LogP contribution is -2.49. The summed E-state index contributed by atoms with van der Waals surface area (Å²) in [6.45, 7) is 6.87. The normalized spacial score (nSPS) is 18.5. The highest BCUT2D eigenvalue weighted by molar-refractivity contribution is 7.89. The number of nitrogens with zero attached hydrogens (tertiary/aromatic N) is 1. The zero-order chi connectivity index (χ0) is 19.5. The minimum absolute atomic E-state index is 0.0535. The molecule has 1 aliphatic heterocycles. The van der Waals surface area contributed by atoms with E-state index >= 15 is 0 Å². The van der Waals surface area contributed by atoms with Gasteiger partial charge in [-0.15, -0.1) is 0 Å². The molecule has 3 N–H and O–H groups in total. The second kappa shape index (κ2) is 7.73. The summed E-state index contributed by atoms with van der Waals surface area (Å²) < 4.78 is 28.8. The fourth-order valence-corrected chi connectivity index (χ4v) is 3.90. The number of carbonyl (C=O) groups is 1. The molecule has 146 valence electrons. The third-order valence-corrected chi connectivity index (χ3v) is 4.84. The number of hydrogen-bond acceptors (Lipinski definition) is 6. The van der Waals surface area contributed by atoms with Crippen LogP contribution in [0.3, 0.4) is 0 Å². The average molecular weight is 384 g/mol. The van der Waals surface area contributed by atoms with Crippen molar-refractivity contribution < 1.29 is 17.9 Å². The van der Waals surface area contributed by atoms with Crippen molar-refractivity contribution >= 4 is 27.3 Å². The molecule has 2 rings (SSSR count). The minimum atomic E-state index is -3.18. The van der Waals surface area contributed by atoms with Crippen molar-refractivity contribution in [1.29, 1.82) is 0 Å². The van der Waals surface area contributed by atoms with Crippen LogP contribution in [0.5, 0.6) is 0 Å². The molecule has 0 aromatic heterocycles. The van der Waals surface area contributed by atoms with Gasteiger partial charge in [-0.2, -0.15) is 0 Å². The van der Waals surface area contributed by atoms with Gasteiger partial charge in [0.25, 0.3) is 0 Å². The zero-order valence-electron chi connectivity index (χ0n) is 15.9. The van der Waals surface area contributed by atoms with Crippen molar-refractivity contribution in [1.82, 2.24) is 5.32 Å². The fraction of sp³-hybridized carbons (Fsp3) is 0.611. The van der Waals surface area contributed by atoms with Gasteiger partial charge in [0.15, 0.2) is 9.84 Å². The molecule has 0 saturated carbocycles. The number of ether oxygens (including phenoxy) is 1. The third-order valence-electron chi connectivity index (χ3n) is 4.00. The molecule has 1 saturated heterocycles. The van der Waals surface area contributed by atoms with E-state index in [0.29, 0.717) is 17.8 Å². The van der Waals surface area contributed by atoms with Crippen molar-refractivity contribution in [2.75, 3.05) is 30.0 Å². The first-order chi connectivity index (χ1) is 11.9. The number of nitrogens with one attached hydrogen (secondary N) is 1. The first-order valence-electron chi connectivity index (χ1n) is 8.73. The first-order valence-corrected chi connectivity index (χ1v) is 10.8. The molecule has 1 aromatic carbocycles. The number of hydrogen-bond donors (Lipinski definition) is 2. The topological polar surface area (TPSA) is 102 Å². The number of piperidine rings is 1. The Bertz CT molecular complexity index is 756. The Kier molecular flexibility index (Phi) is 6.05. The Labute approximate surface area is 155 Å². The Balaban J connectivity index is 2.13. The fourth-order valence-electron chi connectivity index (χ4n) is 3.10. The standard InChI is InChI=1S/C18H29N3O4S/c1-18(2,3)25-17(22)20-15-6-5-9-21(11-15)16-8-7-14(19)10-13(16)12-26(4,23)24/h7-8,10,15H,5-6,9,11-12,19H2,1-4H3,(H,20,22)/t15-/m1/s1. The Morgan fingerprint density at radius 2 is 2.08 bits per heavy atom. The summed E-state index contributed by atoms with van der Waals surface area (Å²) in [4.78, 5) is 14.1. The highest BCUT2D eigenvalue weighted by Gasteiger charge is 2.26. The molecule has 0 spiro atoms. The van der Waals surface area contributed by atoms with Crippen molar-refractivity contribution in [3.05, 3.63) is 23.8 Å². The van der Waals surface area contributed by atoms with E-state index in [0.717, 1.165) is 25.1 Å². The van der Waals surface area contributed by atoms with Gasteiger partial charge in [0, 0.05) is 36.8 Å². The highest BCUT2D eigenvalue weighted by atomic mass is 32.2. The number of anilines is 2. The van der Waals surface area contributed by atoms with Crippen LogP contribution in [0.1, 0.15) is 39.2 Å². The maximum Gasteiger partial charge on any atom is 0.407 e. The smallest absolute Gasteiger partial charge is 0.407 e. The van der Waals surface area contributed by atoms with E-state index in [1.54, 1.807) is 12.1 Å². The number of nitrogen functional groups attached to an aromatic ring is 1. The number of rotatable bonds is 4. The molecule has 7 nitrogen and oxygen atoms in total. The summed E-state index contributed by atoms with van der Waals surface area (Å²) in [6.07, 6.45) is 2.52. The van der Waals surface area contributed by atoms with Gasteiger partial charge in [-0.25, -0.2) is 13.2 Å². The predicted octanol–water partition coefficient (Wildman–Crippen LogP) is 2.31. The van der Waals surface area contributed by atoms with E-state index in [4.69, 9.17) is 10.5 Å². The van der Waals surface area contributed by atoms with E-state index in [1.165, 1.54) is 6.26 Å². The third kappa shape index (κ3) is 6.40. The van der Waals surface area contributed by atoms with Crippen LogP contribution in [-0.4, -0.2) is 45.5 Å². The number of benzene rings is 1. The number of alkyl carbamates (subject to hydrolysis) is 1. The van der Waals surface area contributed by atoms with Crippen LogP contribution < -0.4 is 16.0 Å². The van der Waals surface area contributed by atoms with Gasteiger partial charge < -0.3 is 20.7 Å². The highest BCUT2D eigenvalue weighted by Crippen LogP contribution is 2.28. The lowest BCUT2D eigenvalue weighted by Gasteiger charge is -2.36. The number of nitrogens with two attached hydrogens (primary N) is 1. The van der Waals surface area contributed by atoms with Crippen molar-refractivity contribution in [3.63, 3.8) is 0 Å². The SMILES string of the molecule is CC(C)(C)OC(=O)N[C@@H]1CCCN(c2ccc(N)cc2CS(C)(=O)=O)C1. The van der Waals surface area contributed by atoms with E-state index in [1.807, 2.05) is 26.8 Å². The largest absolute Gasteiger partial charge is 0.444 e. The lowest BCUT2D eigenvalue weighted by atomic mass is 10.0. The Morgan fingerprint density at radius 3 is 2.69 bits per heavy atom. The summed E-state index contributed by atoms with van der Waals surface area (Å²) in [5.74, 6) is -0.0615. The number of amides is 1. The minimum Gasteiger partial charge on any atom is -0.444 e. The summed E-state index contributed by atoms with van der Waals surface area (Å²) >= 11 is 0. The van der Waals surface area contributed by atoms with Gasteiger partial charge in [-0.3, -0.25) is 0 Å². The van der Waals surface area contributed by atoms with Gasteiger partial charge >= 0.3 is 6.09 Å². The van der Waals surface area contributed by atoms with Crippen LogP contribution in [-0.2, 0) is 20.3 Å². The van der Waals surface area contributed by atoms with E-state index in [9.17, 15) is 13.2 Å². The number of sulfone groups is 1. The molecule has 0 unspecified atom stereocenters. The summed E-state index contributed by atoms with van der Waals surface area (Å²) in [5, 5.41) is 2.91. The predicted molar refractivity (Wildman–Crippen MR) is 104 cm³/mol. The summed E-state index contributed by atoms with van der Waals surface area (Å²) in [6, 6.07) is 5.28. The molecule has 26 heavy (non-hydrogen) atoms. The average Bonchev–Trinajstić information content (AvgIpc) is 2.43. The van der Waals surface area contributed by atoms with Gasteiger partial charge in [-0.05, 0) is 57.4 Å². The molecule has 1 amide bonds. The van der Waals surface area contributed by atoms with Crippen LogP contribution in [0.15, 0.2) is 18.2 Å². The zero-order valence-corrected chi connectivity index (χ0v) is 16.7. The Hall–Kier alpha value is -1.96. The molecule has 1 heterocycles. The number of carbonyl (C=O) groups excluding carboxylic acids is 1. The molecule has 0 aliphatic carbocycles. The summed E-state index contributed by atoms with van der Waals surface area (Å²) in [5.41, 5.74) is 7.37.